The minimum atomic E-state index is -4.42. The maximum atomic E-state index is 12.8. The summed E-state index contributed by atoms with van der Waals surface area (Å²) in [6.07, 6.45) is -4.42. The first kappa shape index (κ1) is 15.5. The Morgan fingerprint density at radius 2 is 1.65 bits per heavy atom. The summed E-state index contributed by atoms with van der Waals surface area (Å²) >= 11 is 17.5. The van der Waals surface area contributed by atoms with Gasteiger partial charge in [-0.1, -0.05) is 35.3 Å². The molecule has 0 radical (unpaired) electrons. The van der Waals surface area contributed by atoms with Crippen LogP contribution in [0, 0.1) is 0 Å². The summed E-state index contributed by atoms with van der Waals surface area (Å²) in [4.78, 5) is 0. The second-order valence-electron chi connectivity index (χ2n) is 4.13. The topological polar surface area (TPSA) is 0 Å². The van der Waals surface area contributed by atoms with Crippen molar-refractivity contribution in [2.45, 2.75) is 12.1 Å². The van der Waals surface area contributed by atoms with Gasteiger partial charge in [0, 0.05) is 21.5 Å². The number of rotatable bonds is 2. The van der Waals surface area contributed by atoms with Crippen molar-refractivity contribution in [3.8, 4) is 11.1 Å². The summed E-state index contributed by atoms with van der Waals surface area (Å²) < 4.78 is 38.4. The Bertz CT molecular complexity index is 636. The first-order chi connectivity index (χ1) is 9.32. The Labute approximate surface area is 129 Å². The average molecular weight is 340 g/mol. The van der Waals surface area contributed by atoms with Crippen LogP contribution in [0.25, 0.3) is 11.1 Å². The standard InChI is InChI=1S/C14H8Cl3F3/c15-7-9-5-8(1-4-12(9)14(18,19)20)11-3-2-10(16)6-13(11)17/h1-6H,7H2. The van der Waals surface area contributed by atoms with E-state index in [0.29, 0.717) is 21.2 Å². The molecule has 0 saturated heterocycles. The summed E-state index contributed by atoms with van der Waals surface area (Å²) in [5.41, 5.74) is 0.454. The molecule has 0 aliphatic carbocycles. The molecule has 0 spiro atoms. The van der Waals surface area contributed by atoms with Gasteiger partial charge in [-0.3, -0.25) is 0 Å². The largest absolute Gasteiger partial charge is 0.416 e. The minimum Gasteiger partial charge on any atom is -0.166 e. The highest BCUT2D eigenvalue weighted by Gasteiger charge is 2.33. The Balaban J connectivity index is 2.54. The monoisotopic (exact) mass is 338 g/mol. The first-order valence-corrected chi connectivity index (χ1v) is 6.83. The van der Waals surface area contributed by atoms with Crippen molar-refractivity contribution in [2.24, 2.45) is 0 Å². The highest BCUT2D eigenvalue weighted by molar-refractivity contribution is 6.36. The van der Waals surface area contributed by atoms with E-state index >= 15 is 0 Å². The fourth-order valence-corrected chi connectivity index (χ4v) is 2.61. The molecule has 0 unspecified atom stereocenters. The zero-order chi connectivity index (χ0) is 14.9. The molecule has 6 heteroatoms. The van der Waals surface area contributed by atoms with Crippen LogP contribution in [0.15, 0.2) is 36.4 Å². The van der Waals surface area contributed by atoms with Crippen LogP contribution >= 0.6 is 34.8 Å². The number of alkyl halides is 4. The number of hydrogen-bond acceptors (Lipinski definition) is 0. The minimum absolute atomic E-state index is 0.0164. The molecule has 0 bridgehead atoms. The van der Waals surface area contributed by atoms with Crippen molar-refractivity contribution in [1.29, 1.82) is 0 Å². The van der Waals surface area contributed by atoms with E-state index < -0.39 is 11.7 Å². The second kappa shape index (κ2) is 5.84. The Morgan fingerprint density at radius 1 is 0.950 bits per heavy atom. The van der Waals surface area contributed by atoms with Crippen LogP contribution in [0.3, 0.4) is 0 Å². The fourth-order valence-electron chi connectivity index (χ4n) is 1.87. The Kier molecular flexibility index (Phi) is 4.52. The lowest BCUT2D eigenvalue weighted by Gasteiger charge is -2.13. The Hall–Kier alpha value is -0.900. The molecule has 0 nitrogen and oxygen atoms in total. The van der Waals surface area contributed by atoms with E-state index in [2.05, 4.69) is 0 Å². The van der Waals surface area contributed by atoms with Crippen LogP contribution in [-0.2, 0) is 12.1 Å². The van der Waals surface area contributed by atoms with E-state index in [-0.39, 0.29) is 11.4 Å². The van der Waals surface area contributed by atoms with Crippen LogP contribution in [0.1, 0.15) is 11.1 Å². The smallest absolute Gasteiger partial charge is 0.166 e. The van der Waals surface area contributed by atoms with Gasteiger partial charge in [0.05, 0.1) is 5.56 Å². The van der Waals surface area contributed by atoms with Gasteiger partial charge >= 0.3 is 6.18 Å². The van der Waals surface area contributed by atoms with Crippen molar-refractivity contribution in [3.63, 3.8) is 0 Å². The van der Waals surface area contributed by atoms with Gasteiger partial charge in [-0.25, -0.2) is 0 Å². The van der Waals surface area contributed by atoms with Gasteiger partial charge in [-0.15, -0.1) is 11.6 Å². The predicted molar refractivity (Wildman–Crippen MR) is 76.5 cm³/mol. The summed E-state index contributed by atoms with van der Waals surface area (Å²) in [5, 5.41) is 0.834. The lowest BCUT2D eigenvalue weighted by Crippen LogP contribution is -2.08. The van der Waals surface area contributed by atoms with Crippen LogP contribution in [-0.4, -0.2) is 0 Å². The van der Waals surface area contributed by atoms with E-state index in [4.69, 9.17) is 34.8 Å². The molecule has 0 aliphatic rings. The molecule has 2 aromatic rings. The molecule has 0 N–H and O–H groups in total. The number of hydrogen-bond donors (Lipinski definition) is 0. The molecule has 2 aromatic carbocycles. The molecule has 0 saturated carbocycles. The van der Waals surface area contributed by atoms with Crippen LogP contribution in [0.2, 0.25) is 10.0 Å². The Morgan fingerprint density at radius 3 is 2.20 bits per heavy atom. The van der Waals surface area contributed by atoms with Crippen molar-refractivity contribution in [2.75, 3.05) is 0 Å². The van der Waals surface area contributed by atoms with E-state index in [9.17, 15) is 13.2 Å². The molecule has 0 heterocycles. The quantitative estimate of drug-likeness (QED) is 0.554. The van der Waals surface area contributed by atoms with Crippen LogP contribution in [0.5, 0.6) is 0 Å². The SMILES string of the molecule is FC(F)(F)c1ccc(-c2ccc(Cl)cc2Cl)cc1CCl. The van der Waals surface area contributed by atoms with E-state index in [1.807, 2.05) is 0 Å². The zero-order valence-corrected chi connectivity index (χ0v) is 12.2. The lowest BCUT2D eigenvalue weighted by atomic mass is 9.99. The molecular weight excluding hydrogens is 332 g/mol. The van der Waals surface area contributed by atoms with Gasteiger partial charge in [-0.05, 0) is 35.4 Å². The average Bonchev–Trinajstić information content (AvgIpc) is 2.37. The summed E-state index contributed by atoms with van der Waals surface area (Å²) in [5.74, 6) is -0.228. The molecule has 0 aromatic heterocycles. The van der Waals surface area contributed by atoms with E-state index in [0.717, 1.165) is 6.07 Å². The third kappa shape index (κ3) is 3.22. The number of halogens is 6. The molecule has 2 rings (SSSR count). The van der Waals surface area contributed by atoms with E-state index in [1.165, 1.54) is 18.2 Å². The summed E-state index contributed by atoms with van der Waals surface area (Å²) in [6.45, 7) is 0. The molecule has 20 heavy (non-hydrogen) atoms. The summed E-state index contributed by atoms with van der Waals surface area (Å²) in [6, 6.07) is 8.60. The normalized spacial score (nSPS) is 11.7. The molecule has 106 valence electrons. The third-order valence-corrected chi connectivity index (χ3v) is 3.63. The van der Waals surface area contributed by atoms with Crippen molar-refractivity contribution < 1.29 is 13.2 Å². The number of benzene rings is 2. The molecule has 0 atom stereocenters. The van der Waals surface area contributed by atoms with Crippen molar-refractivity contribution >= 4 is 34.8 Å². The van der Waals surface area contributed by atoms with Gasteiger partial charge in [0.2, 0.25) is 0 Å². The highest BCUT2D eigenvalue weighted by Crippen LogP contribution is 2.37. The fraction of sp³-hybridized carbons (Fsp3) is 0.143. The first-order valence-electron chi connectivity index (χ1n) is 5.54. The van der Waals surface area contributed by atoms with E-state index in [1.54, 1.807) is 12.1 Å². The maximum absolute atomic E-state index is 12.8. The van der Waals surface area contributed by atoms with Crippen LogP contribution < -0.4 is 0 Å². The predicted octanol–water partition coefficient (Wildman–Crippen LogP) is 6.42. The molecule has 0 aliphatic heterocycles. The maximum Gasteiger partial charge on any atom is 0.416 e. The van der Waals surface area contributed by atoms with Gasteiger partial charge in [0.25, 0.3) is 0 Å². The van der Waals surface area contributed by atoms with Crippen molar-refractivity contribution in [1.82, 2.24) is 0 Å². The lowest BCUT2D eigenvalue weighted by molar-refractivity contribution is -0.138. The molecular formula is C14H8Cl3F3. The third-order valence-electron chi connectivity index (χ3n) is 2.80. The van der Waals surface area contributed by atoms with Gasteiger partial charge in [0.1, 0.15) is 0 Å². The van der Waals surface area contributed by atoms with Gasteiger partial charge in [0.15, 0.2) is 0 Å². The van der Waals surface area contributed by atoms with Gasteiger partial charge < -0.3 is 0 Å². The molecule has 0 amide bonds. The van der Waals surface area contributed by atoms with Gasteiger partial charge in [-0.2, -0.15) is 13.2 Å². The second-order valence-corrected chi connectivity index (χ2v) is 5.24. The zero-order valence-electron chi connectivity index (χ0n) is 9.94. The van der Waals surface area contributed by atoms with Crippen molar-refractivity contribution in [3.05, 3.63) is 57.6 Å². The highest BCUT2D eigenvalue weighted by atomic mass is 35.5. The van der Waals surface area contributed by atoms with Crippen LogP contribution in [0.4, 0.5) is 13.2 Å². The molecule has 0 fully saturated rings. The summed E-state index contributed by atoms with van der Waals surface area (Å²) in [7, 11) is 0.